The predicted octanol–water partition coefficient (Wildman–Crippen LogP) is -0.231. The van der Waals surface area contributed by atoms with E-state index < -0.39 is 5.82 Å². The van der Waals surface area contributed by atoms with Gasteiger partial charge in [0.2, 0.25) is 6.41 Å². The molecular weight excluding hydrogens is 375 g/mol. The van der Waals surface area contributed by atoms with E-state index in [2.05, 4.69) is 10.2 Å². The number of nitrogens with zero attached hydrogens (tertiary/aromatic N) is 3. The number of halogens is 1. The molecule has 1 N–H and O–H groups in total. The molecule has 0 atom stereocenters. The van der Waals surface area contributed by atoms with Crippen molar-refractivity contribution in [2.75, 3.05) is 26.2 Å². The van der Waals surface area contributed by atoms with Gasteiger partial charge in [-0.05, 0) is 30.5 Å². The molecular formula is C21H21FN4O3. The molecule has 0 radical (unpaired) electrons. The van der Waals surface area contributed by atoms with Crippen molar-refractivity contribution < 1.29 is 14.0 Å². The topological polar surface area (TPSA) is 86.4 Å². The maximum atomic E-state index is 14.4. The van der Waals surface area contributed by atoms with Crippen molar-refractivity contribution in [2.45, 2.75) is 19.3 Å². The third-order valence-corrected chi connectivity index (χ3v) is 5.38. The molecule has 4 rings (SSSR count). The number of aromatic nitrogens is 2. The Morgan fingerprint density at radius 3 is 2.59 bits per heavy atom. The summed E-state index contributed by atoms with van der Waals surface area (Å²) in [7, 11) is 0. The average Bonchev–Trinajstić information content (AvgIpc) is 2.77. The van der Waals surface area contributed by atoms with Gasteiger partial charge < -0.3 is 9.80 Å². The normalized spacial score (nSPS) is 15.9. The Balaban J connectivity index is 1.61. The summed E-state index contributed by atoms with van der Waals surface area (Å²) in [6.07, 6.45) is 6.68. The molecule has 1 aromatic heterocycles. The molecule has 2 aromatic rings. The van der Waals surface area contributed by atoms with Gasteiger partial charge in [-0.3, -0.25) is 14.4 Å². The number of carbonyl (C=O) groups is 2. The minimum absolute atomic E-state index is 0.0101. The summed E-state index contributed by atoms with van der Waals surface area (Å²) in [5.74, 6) is -0.959. The van der Waals surface area contributed by atoms with E-state index >= 15 is 0 Å². The number of piperazine rings is 1. The Morgan fingerprint density at radius 2 is 1.86 bits per heavy atom. The van der Waals surface area contributed by atoms with E-state index in [9.17, 15) is 18.8 Å². The van der Waals surface area contributed by atoms with E-state index in [1.54, 1.807) is 21.9 Å². The van der Waals surface area contributed by atoms with Crippen LogP contribution in [0.2, 0.25) is 0 Å². The van der Waals surface area contributed by atoms with Crippen LogP contribution in [0.3, 0.4) is 0 Å². The zero-order valence-corrected chi connectivity index (χ0v) is 15.9. The first kappa shape index (κ1) is 19.0. The van der Waals surface area contributed by atoms with Crippen LogP contribution in [-0.2, 0) is 11.2 Å². The van der Waals surface area contributed by atoms with E-state index in [1.807, 2.05) is 12.2 Å². The van der Waals surface area contributed by atoms with Gasteiger partial charge in [-0.25, -0.2) is 9.49 Å². The van der Waals surface area contributed by atoms with Crippen molar-refractivity contribution in [1.29, 1.82) is 0 Å². The Bertz CT molecular complexity index is 1130. The summed E-state index contributed by atoms with van der Waals surface area (Å²) >= 11 is 0. The summed E-state index contributed by atoms with van der Waals surface area (Å²) < 4.78 is 14.4. The number of carbonyl (C=O) groups excluding carboxylic acids is 2. The average molecular weight is 396 g/mol. The van der Waals surface area contributed by atoms with Gasteiger partial charge in [-0.2, -0.15) is 5.10 Å². The van der Waals surface area contributed by atoms with Crippen LogP contribution in [0.1, 0.15) is 34.5 Å². The molecule has 1 aliphatic carbocycles. The van der Waals surface area contributed by atoms with Gasteiger partial charge >= 0.3 is 0 Å². The standard InChI is InChI=1S/C21H21FN4O3/c22-18-6-5-14(11-17(18)21(29)26-9-7-25(13-27)8-10-26)12-19-15-3-1-2-4-16(15)20(28)24-23-19/h3-6,11,13H,1-2,7-10,12H2,(H,24,28). The van der Waals surface area contributed by atoms with E-state index in [0.717, 1.165) is 30.0 Å². The first-order chi connectivity index (χ1) is 14.1. The van der Waals surface area contributed by atoms with E-state index in [4.69, 9.17) is 0 Å². The van der Waals surface area contributed by atoms with Crippen LogP contribution in [0.25, 0.3) is 12.2 Å². The second-order valence-electron chi connectivity index (χ2n) is 7.24. The predicted molar refractivity (Wildman–Crippen MR) is 105 cm³/mol. The van der Waals surface area contributed by atoms with Crippen molar-refractivity contribution in [2.24, 2.45) is 0 Å². The monoisotopic (exact) mass is 396 g/mol. The molecule has 8 heteroatoms. The number of hydrogen-bond acceptors (Lipinski definition) is 4. The van der Waals surface area contributed by atoms with Crippen LogP contribution in [0.4, 0.5) is 4.39 Å². The maximum Gasteiger partial charge on any atom is 0.271 e. The van der Waals surface area contributed by atoms with Crippen LogP contribution in [0.5, 0.6) is 0 Å². The Hall–Kier alpha value is -3.29. The minimum atomic E-state index is -0.576. The third kappa shape index (κ3) is 3.83. The first-order valence-electron chi connectivity index (χ1n) is 9.62. The van der Waals surface area contributed by atoms with E-state index in [0.29, 0.717) is 43.5 Å². The molecule has 2 amide bonds. The molecule has 7 nitrogen and oxygen atoms in total. The van der Waals surface area contributed by atoms with Gasteiger partial charge in [0.25, 0.3) is 11.5 Å². The van der Waals surface area contributed by atoms with Gasteiger partial charge in [-0.15, -0.1) is 0 Å². The fourth-order valence-electron chi connectivity index (χ4n) is 3.78. The highest BCUT2D eigenvalue weighted by Crippen LogP contribution is 2.16. The lowest BCUT2D eigenvalue weighted by molar-refractivity contribution is -0.119. The molecule has 1 aromatic carbocycles. The van der Waals surface area contributed by atoms with Gasteiger partial charge in [0.05, 0.1) is 11.3 Å². The second kappa shape index (κ2) is 7.98. The molecule has 0 bridgehead atoms. The molecule has 150 valence electrons. The quantitative estimate of drug-likeness (QED) is 0.724. The largest absolute Gasteiger partial charge is 0.342 e. The summed E-state index contributed by atoms with van der Waals surface area (Å²) in [4.78, 5) is 38.8. The molecule has 2 aliphatic rings. The second-order valence-corrected chi connectivity index (χ2v) is 7.24. The van der Waals surface area contributed by atoms with Gasteiger partial charge in [0.15, 0.2) is 0 Å². The van der Waals surface area contributed by atoms with Gasteiger partial charge in [0, 0.05) is 43.0 Å². The lowest BCUT2D eigenvalue weighted by atomic mass is 10.0. The van der Waals surface area contributed by atoms with E-state index in [1.165, 1.54) is 6.07 Å². The third-order valence-electron chi connectivity index (χ3n) is 5.38. The molecule has 0 unspecified atom stereocenters. The Morgan fingerprint density at radius 1 is 1.14 bits per heavy atom. The highest BCUT2D eigenvalue weighted by molar-refractivity contribution is 5.94. The molecule has 1 saturated heterocycles. The molecule has 1 fully saturated rings. The van der Waals surface area contributed by atoms with Crippen molar-refractivity contribution in [3.05, 3.63) is 61.6 Å². The molecule has 2 heterocycles. The van der Waals surface area contributed by atoms with Crippen LogP contribution < -0.4 is 16.0 Å². The minimum Gasteiger partial charge on any atom is -0.342 e. The molecule has 1 aliphatic heterocycles. The Labute approximate surface area is 166 Å². The van der Waals surface area contributed by atoms with Crippen LogP contribution in [-0.4, -0.2) is 58.5 Å². The number of H-pyrrole nitrogens is 1. The smallest absolute Gasteiger partial charge is 0.271 e. The summed E-state index contributed by atoms with van der Waals surface area (Å²) in [5.41, 5.74) is 1.22. The lowest BCUT2D eigenvalue weighted by Crippen LogP contribution is -2.48. The SMILES string of the molecule is O=CN1CCN(C(=O)c2cc(Cc3n[nH]c(=O)c4c3=CCCC=4)ccc2F)CC1. The summed E-state index contributed by atoms with van der Waals surface area (Å²) in [5, 5.41) is 8.12. The zero-order valence-electron chi connectivity index (χ0n) is 15.9. The van der Waals surface area contributed by atoms with Crippen LogP contribution >= 0.6 is 0 Å². The number of hydrogen-bond donors (Lipinski definition) is 1. The molecule has 0 spiro atoms. The molecule has 0 saturated carbocycles. The number of rotatable bonds is 4. The van der Waals surface area contributed by atoms with Gasteiger partial charge in [-0.1, -0.05) is 18.2 Å². The van der Waals surface area contributed by atoms with E-state index in [-0.39, 0.29) is 17.0 Å². The number of benzene rings is 1. The van der Waals surface area contributed by atoms with Crippen molar-refractivity contribution in [3.63, 3.8) is 0 Å². The fraction of sp³-hybridized carbons (Fsp3) is 0.333. The fourth-order valence-corrected chi connectivity index (χ4v) is 3.78. The zero-order chi connectivity index (χ0) is 20.4. The first-order valence-corrected chi connectivity index (χ1v) is 9.62. The van der Waals surface area contributed by atoms with Crippen molar-refractivity contribution in [1.82, 2.24) is 20.0 Å². The molecule has 29 heavy (non-hydrogen) atoms. The maximum absolute atomic E-state index is 14.4. The van der Waals surface area contributed by atoms with Crippen LogP contribution in [0, 0.1) is 5.82 Å². The highest BCUT2D eigenvalue weighted by Gasteiger charge is 2.24. The number of amides is 2. The van der Waals surface area contributed by atoms with Crippen molar-refractivity contribution in [3.8, 4) is 0 Å². The summed E-state index contributed by atoms with van der Waals surface area (Å²) in [6.45, 7) is 1.63. The number of nitrogens with one attached hydrogen (secondary N) is 1. The van der Waals surface area contributed by atoms with Crippen molar-refractivity contribution >= 4 is 24.5 Å². The Kier molecular flexibility index (Phi) is 5.24. The highest BCUT2D eigenvalue weighted by atomic mass is 19.1. The number of aromatic amines is 1. The van der Waals surface area contributed by atoms with Gasteiger partial charge in [0.1, 0.15) is 5.82 Å². The lowest BCUT2D eigenvalue weighted by Gasteiger charge is -2.32. The van der Waals surface area contributed by atoms with Crippen LogP contribution in [0.15, 0.2) is 23.0 Å². The number of fused-ring (bicyclic) bond motifs is 1. The summed E-state index contributed by atoms with van der Waals surface area (Å²) in [6, 6.07) is 4.47.